The molecule has 5 nitrogen and oxygen atoms in total. The van der Waals surface area contributed by atoms with Crippen LogP contribution in [0, 0.1) is 0 Å². The maximum Gasteiger partial charge on any atom is 0.128 e. The molecule has 5 rings (SSSR count). The zero-order valence-corrected chi connectivity index (χ0v) is 14.4. The summed E-state index contributed by atoms with van der Waals surface area (Å²) in [6.45, 7) is 0. The molecule has 1 spiro atoms. The minimum absolute atomic E-state index is 0.0697. The number of fused-ring (bicyclic) bond motifs is 3. The van der Waals surface area contributed by atoms with E-state index in [0.717, 1.165) is 52.3 Å². The summed E-state index contributed by atoms with van der Waals surface area (Å²) in [5.41, 5.74) is 5.50. The molecule has 5 heteroatoms. The lowest BCUT2D eigenvalue weighted by Crippen LogP contribution is -2.45. The average Bonchev–Trinajstić information content (AvgIpc) is 3.18. The van der Waals surface area contributed by atoms with Crippen LogP contribution in [-0.2, 0) is 5.41 Å². The maximum absolute atomic E-state index is 5.74. The molecule has 1 aliphatic heterocycles. The summed E-state index contributed by atoms with van der Waals surface area (Å²) in [6.07, 6.45) is 7.21. The molecule has 3 aromatic rings. The standard InChI is InChI=1S/C20H20N4O/c1-21-19-20(5-3-6-20)14-10-18(25-2)13(9-16(14)24-19)15-8-12-4-7-22-11-17(12)23-15/h4,7-11,23H,3,5-6H2,1-2H3,(H,21,24). The zero-order valence-electron chi connectivity index (χ0n) is 14.4. The highest BCUT2D eigenvalue weighted by molar-refractivity contribution is 6.02. The molecule has 0 saturated heterocycles. The second kappa shape index (κ2) is 5.09. The Morgan fingerprint density at radius 1 is 1.24 bits per heavy atom. The number of aliphatic imine (C=N–C) groups is 1. The molecule has 1 saturated carbocycles. The largest absolute Gasteiger partial charge is 0.496 e. The second-order valence-electron chi connectivity index (χ2n) is 6.86. The smallest absolute Gasteiger partial charge is 0.128 e. The van der Waals surface area contributed by atoms with Gasteiger partial charge in [0.1, 0.15) is 11.6 Å². The quantitative estimate of drug-likeness (QED) is 0.747. The van der Waals surface area contributed by atoms with Crippen molar-refractivity contribution in [1.29, 1.82) is 0 Å². The highest BCUT2D eigenvalue weighted by Crippen LogP contribution is 2.54. The molecular formula is C20H20N4O. The summed E-state index contributed by atoms with van der Waals surface area (Å²) in [6, 6.07) is 8.48. The molecule has 2 N–H and O–H groups in total. The highest BCUT2D eigenvalue weighted by Gasteiger charge is 2.48. The van der Waals surface area contributed by atoms with Crippen LogP contribution in [0.4, 0.5) is 5.69 Å². The molecule has 2 aromatic heterocycles. The van der Waals surface area contributed by atoms with Gasteiger partial charge in [0.15, 0.2) is 0 Å². The van der Waals surface area contributed by atoms with Gasteiger partial charge < -0.3 is 15.0 Å². The average molecular weight is 332 g/mol. The van der Waals surface area contributed by atoms with Crippen LogP contribution in [0.25, 0.3) is 22.2 Å². The number of benzene rings is 1. The Labute approximate surface area is 146 Å². The molecule has 0 unspecified atom stereocenters. The number of likely N-dealkylation sites (N-methyl/N-ethyl adjacent to an activating group) is 1. The summed E-state index contributed by atoms with van der Waals surface area (Å²) in [5, 5.41) is 4.46. The number of hydrogen-bond acceptors (Lipinski definition) is 4. The van der Waals surface area contributed by atoms with E-state index in [1.807, 2.05) is 25.5 Å². The van der Waals surface area contributed by atoms with Gasteiger partial charge in [0.25, 0.3) is 0 Å². The maximum atomic E-state index is 5.74. The molecule has 1 aromatic carbocycles. The zero-order chi connectivity index (χ0) is 17.0. The summed E-state index contributed by atoms with van der Waals surface area (Å²) in [4.78, 5) is 12.5. The van der Waals surface area contributed by atoms with E-state index in [4.69, 9.17) is 9.73 Å². The van der Waals surface area contributed by atoms with Crippen molar-refractivity contribution < 1.29 is 4.74 Å². The van der Waals surface area contributed by atoms with Crippen LogP contribution in [0.1, 0.15) is 24.8 Å². The van der Waals surface area contributed by atoms with Gasteiger partial charge in [-0.2, -0.15) is 0 Å². The normalized spacial score (nSPS) is 17.3. The first-order valence-electron chi connectivity index (χ1n) is 8.68. The third-order valence-electron chi connectivity index (χ3n) is 5.68. The van der Waals surface area contributed by atoms with Crippen molar-refractivity contribution in [2.45, 2.75) is 24.7 Å². The van der Waals surface area contributed by atoms with Crippen molar-refractivity contribution in [3.05, 3.63) is 42.2 Å². The summed E-state index contributed by atoms with van der Waals surface area (Å²) in [7, 11) is 3.70. The van der Waals surface area contributed by atoms with Gasteiger partial charge in [-0.3, -0.25) is 4.98 Å². The Balaban J connectivity index is 1.70. The predicted octanol–water partition coefficient (Wildman–Crippen LogP) is 3.92. The first-order chi connectivity index (χ1) is 12.2. The molecule has 2 aliphatic rings. The van der Waals surface area contributed by atoms with Gasteiger partial charge in [-0.25, -0.2) is 4.99 Å². The lowest BCUT2D eigenvalue weighted by Gasteiger charge is -2.40. The van der Waals surface area contributed by atoms with E-state index < -0.39 is 0 Å². The Hall–Kier alpha value is -2.82. The minimum atomic E-state index is 0.0697. The van der Waals surface area contributed by atoms with Crippen molar-refractivity contribution in [3.63, 3.8) is 0 Å². The van der Waals surface area contributed by atoms with Crippen LogP contribution >= 0.6 is 0 Å². The van der Waals surface area contributed by atoms with Gasteiger partial charge in [-0.1, -0.05) is 6.42 Å². The van der Waals surface area contributed by atoms with Crippen molar-refractivity contribution in [2.24, 2.45) is 4.99 Å². The molecule has 126 valence electrons. The van der Waals surface area contributed by atoms with E-state index in [-0.39, 0.29) is 5.41 Å². The third-order valence-corrected chi connectivity index (χ3v) is 5.68. The van der Waals surface area contributed by atoms with Crippen molar-refractivity contribution >= 4 is 22.4 Å². The molecule has 1 aliphatic carbocycles. The Morgan fingerprint density at radius 2 is 2.12 bits per heavy atom. The fourth-order valence-corrected chi connectivity index (χ4v) is 4.23. The lowest BCUT2D eigenvalue weighted by molar-refractivity contribution is 0.338. The van der Waals surface area contributed by atoms with Crippen molar-refractivity contribution in [2.75, 3.05) is 14.2 Å². The minimum Gasteiger partial charge on any atom is -0.496 e. The Morgan fingerprint density at radius 3 is 2.80 bits per heavy atom. The molecular weight excluding hydrogens is 312 g/mol. The monoisotopic (exact) mass is 332 g/mol. The number of methoxy groups -OCH3 is 1. The number of aromatic amines is 1. The van der Waals surface area contributed by atoms with E-state index in [9.17, 15) is 0 Å². The SMILES string of the molecule is CNC1=Nc2cc(-c3cc4ccncc4[nH]3)c(OC)cc2C12CCC2. The number of aromatic nitrogens is 2. The van der Waals surface area contributed by atoms with Gasteiger partial charge in [0.2, 0.25) is 0 Å². The fraction of sp³-hybridized carbons (Fsp3) is 0.300. The molecule has 0 amide bonds. The van der Waals surface area contributed by atoms with Crippen molar-refractivity contribution in [1.82, 2.24) is 15.3 Å². The second-order valence-corrected chi connectivity index (χ2v) is 6.86. The number of rotatable bonds is 2. The van der Waals surface area contributed by atoms with E-state index in [2.05, 4.69) is 33.5 Å². The van der Waals surface area contributed by atoms with Crippen LogP contribution in [0.15, 0.2) is 41.7 Å². The van der Waals surface area contributed by atoms with Gasteiger partial charge in [-0.15, -0.1) is 0 Å². The first-order valence-corrected chi connectivity index (χ1v) is 8.68. The van der Waals surface area contributed by atoms with Crippen LogP contribution in [-0.4, -0.2) is 30.0 Å². The summed E-state index contributed by atoms with van der Waals surface area (Å²) < 4.78 is 5.74. The van der Waals surface area contributed by atoms with Gasteiger partial charge in [-0.05, 0) is 42.7 Å². The lowest BCUT2D eigenvalue weighted by atomic mass is 9.64. The van der Waals surface area contributed by atoms with Crippen LogP contribution in [0.2, 0.25) is 0 Å². The predicted molar refractivity (Wildman–Crippen MR) is 99.8 cm³/mol. The topological polar surface area (TPSA) is 62.3 Å². The number of pyridine rings is 1. The number of H-pyrrole nitrogens is 1. The number of amidine groups is 1. The Bertz CT molecular complexity index is 981. The number of nitrogens with zero attached hydrogens (tertiary/aromatic N) is 2. The molecule has 3 heterocycles. The van der Waals surface area contributed by atoms with Gasteiger partial charge in [0, 0.05) is 24.2 Å². The van der Waals surface area contributed by atoms with Crippen LogP contribution in [0.5, 0.6) is 5.75 Å². The molecule has 25 heavy (non-hydrogen) atoms. The number of nitrogens with one attached hydrogen (secondary N) is 2. The highest BCUT2D eigenvalue weighted by atomic mass is 16.5. The molecule has 1 fully saturated rings. The van der Waals surface area contributed by atoms with Gasteiger partial charge in [0.05, 0.1) is 35.6 Å². The molecule has 0 bridgehead atoms. The fourth-order valence-electron chi connectivity index (χ4n) is 4.23. The van der Waals surface area contributed by atoms with E-state index in [1.165, 1.54) is 12.0 Å². The van der Waals surface area contributed by atoms with Crippen LogP contribution < -0.4 is 10.1 Å². The van der Waals surface area contributed by atoms with E-state index in [1.54, 1.807) is 7.11 Å². The summed E-state index contributed by atoms with van der Waals surface area (Å²) in [5.74, 6) is 1.98. The van der Waals surface area contributed by atoms with Gasteiger partial charge >= 0.3 is 0 Å². The third kappa shape index (κ3) is 1.89. The number of hydrogen-bond donors (Lipinski definition) is 2. The number of ether oxygens (including phenoxy) is 1. The molecule has 0 radical (unpaired) electrons. The first kappa shape index (κ1) is 14.5. The van der Waals surface area contributed by atoms with Crippen molar-refractivity contribution in [3.8, 4) is 17.0 Å². The van der Waals surface area contributed by atoms with E-state index >= 15 is 0 Å². The molecule has 0 atom stereocenters. The Kier molecular flexibility index (Phi) is 2.95. The summed E-state index contributed by atoms with van der Waals surface area (Å²) >= 11 is 0. The van der Waals surface area contributed by atoms with E-state index in [0.29, 0.717) is 0 Å². The van der Waals surface area contributed by atoms with Crippen LogP contribution in [0.3, 0.4) is 0 Å².